The van der Waals surface area contributed by atoms with Crippen molar-refractivity contribution in [2.24, 2.45) is 0 Å². The Kier molecular flexibility index (Phi) is 5.64. The van der Waals surface area contributed by atoms with E-state index in [1.165, 1.54) is 36.6 Å². The molecule has 29 heavy (non-hydrogen) atoms. The molecule has 1 fully saturated rings. The highest BCUT2D eigenvalue weighted by molar-refractivity contribution is 5.90. The Morgan fingerprint density at radius 3 is 2.55 bits per heavy atom. The molecule has 0 unspecified atom stereocenters. The number of hydrogen-bond donors (Lipinski definition) is 2. The van der Waals surface area contributed by atoms with Gasteiger partial charge in [0, 0.05) is 36.2 Å². The zero-order valence-corrected chi connectivity index (χ0v) is 16.4. The number of benzene rings is 1. The van der Waals surface area contributed by atoms with Crippen molar-refractivity contribution in [2.45, 2.75) is 32.7 Å². The second kappa shape index (κ2) is 8.68. The van der Waals surface area contributed by atoms with Gasteiger partial charge in [0.05, 0.1) is 0 Å². The lowest BCUT2D eigenvalue weighted by Crippen LogP contribution is -2.31. The van der Waals surface area contributed by atoms with E-state index in [1.807, 2.05) is 37.3 Å². The fraction of sp³-hybridized carbons (Fsp3) is 0.350. The van der Waals surface area contributed by atoms with E-state index in [4.69, 9.17) is 0 Å². The Bertz CT molecular complexity index is 949. The molecule has 3 heterocycles. The minimum absolute atomic E-state index is 0.124. The van der Waals surface area contributed by atoms with Crippen molar-refractivity contribution in [3.63, 3.8) is 0 Å². The highest BCUT2D eigenvalue weighted by atomic mass is 16.2. The molecule has 0 bridgehead atoms. The first kappa shape index (κ1) is 18.9. The summed E-state index contributed by atoms with van der Waals surface area (Å²) in [7, 11) is 0. The topological polar surface area (TPSA) is 101 Å². The molecule has 1 aliphatic rings. The lowest BCUT2D eigenvalue weighted by Gasteiger charge is -2.27. The first-order chi connectivity index (χ1) is 14.2. The first-order valence-corrected chi connectivity index (χ1v) is 9.76. The van der Waals surface area contributed by atoms with E-state index in [-0.39, 0.29) is 12.5 Å². The van der Waals surface area contributed by atoms with Gasteiger partial charge in [-0.2, -0.15) is 10.1 Å². The van der Waals surface area contributed by atoms with E-state index in [2.05, 4.69) is 35.6 Å². The molecule has 0 saturated carbocycles. The number of amides is 1. The van der Waals surface area contributed by atoms with Gasteiger partial charge in [-0.3, -0.25) is 4.79 Å². The fourth-order valence-electron chi connectivity index (χ4n) is 3.30. The van der Waals surface area contributed by atoms with Crippen LogP contribution in [-0.2, 0) is 11.3 Å². The molecule has 1 saturated heterocycles. The van der Waals surface area contributed by atoms with Crippen molar-refractivity contribution in [3.8, 4) is 0 Å². The molecule has 0 aliphatic carbocycles. The predicted octanol–water partition coefficient (Wildman–Crippen LogP) is 2.75. The van der Waals surface area contributed by atoms with E-state index < -0.39 is 0 Å². The zero-order chi connectivity index (χ0) is 20.1. The highest BCUT2D eigenvalue weighted by Crippen LogP contribution is 2.22. The Balaban J connectivity index is 1.39. The van der Waals surface area contributed by atoms with Crippen LogP contribution in [0.15, 0.2) is 43.0 Å². The molecule has 1 aromatic carbocycles. The van der Waals surface area contributed by atoms with Crippen molar-refractivity contribution in [2.75, 3.05) is 28.6 Å². The van der Waals surface area contributed by atoms with Gasteiger partial charge >= 0.3 is 0 Å². The van der Waals surface area contributed by atoms with Gasteiger partial charge in [-0.1, -0.05) is 0 Å². The SMILES string of the molecule is Cc1cc(Nc2ccc(NC(=O)Cn3cncn3)cc2)nc(N2CCCCC2)n1. The molecule has 0 radical (unpaired) electrons. The van der Waals surface area contributed by atoms with Gasteiger partial charge in [-0.25, -0.2) is 14.6 Å². The number of carbonyl (C=O) groups is 1. The molecule has 0 atom stereocenters. The van der Waals surface area contributed by atoms with Gasteiger partial charge in [0.15, 0.2) is 0 Å². The van der Waals surface area contributed by atoms with Crippen LogP contribution in [0.4, 0.5) is 23.1 Å². The maximum absolute atomic E-state index is 12.0. The second-order valence-electron chi connectivity index (χ2n) is 7.09. The molecule has 3 aromatic rings. The van der Waals surface area contributed by atoms with Gasteiger partial charge in [0.2, 0.25) is 11.9 Å². The number of rotatable bonds is 6. The van der Waals surface area contributed by atoms with Crippen LogP contribution in [0, 0.1) is 6.92 Å². The number of anilines is 4. The standard InChI is InChI=1S/C20H24N8O/c1-15-11-18(26-20(23-15)27-9-3-2-4-10-27)24-16-5-7-17(8-6-16)25-19(29)12-28-14-21-13-22-28/h5-8,11,13-14H,2-4,9-10,12H2,1H3,(H,25,29)(H,23,24,26). The highest BCUT2D eigenvalue weighted by Gasteiger charge is 2.14. The van der Waals surface area contributed by atoms with Gasteiger partial charge in [0.1, 0.15) is 25.0 Å². The van der Waals surface area contributed by atoms with Crippen molar-refractivity contribution in [1.29, 1.82) is 0 Å². The van der Waals surface area contributed by atoms with Crippen molar-refractivity contribution < 1.29 is 4.79 Å². The van der Waals surface area contributed by atoms with E-state index >= 15 is 0 Å². The van der Waals surface area contributed by atoms with Gasteiger partial charge < -0.3 is 15.5 Å². The zero-order valence-electron chi connectivity index (χ0n) is 16.4. The number of carbonyl (C=O) groups excluding carboxylic acids is 1. The van der Waals surface area contributed by atoms with Crippen LogP contribution in [0.3, 0.4) is 0 Å². The van der Waals surface area contributed by atoms with Crippen LogP contribution >= 0.6 is 0 Å². The summed E-state index contributed by atoms with van der Waals surface area (Å²) in [5, 5.41) is 10.1. The van der Waals surface area contributed by atoms with Crippen molar-refractivity contribution >= 4 is 29.0 Å². The van der Waals surface area contributed by atoms with Crippen LogP contribution in [0.1, 0.15) is 25.0 Å². The molecule has 9 nitrogen and oxygen atoms in total. The number of nitrogens with zero attached hydrogens (tertiary/aromatic N) is 6. The molecular formula is C20H24N8O. The summed E-state index contributed by atoms with van der Waals surface area (Å²) in [6, 6.07) is 9.44. The Morgan fingerprint density at radius 2 is 1.83 bits per heavy atom. The van der Waals surface area contributed by atoms with Crippen LogP contribution in [-0.4, -0.2) is 43.7 Å². The lowest BCUT2D eigenvalue weighted by atomic mass is 10.1. The van der Waals surface area contributed by atoms with Gasteiger partial charge in [0.25, 0.3) is 0 Å². The summed E-state index contributed by atoms with van der Waals surface area (Å²) in [5.74, 6) is 1.39. The Labute approximate surface area is 169 Å². The monoisotopic (exact) mass is 392 g/mol. The normalized spacial score (nSPS) is 13.9. The van der Waals surface area contributed by atoms with E-state index in [0.717, 1.165) is 36.2 Å². The maximum atomic E-state index is 12.0. The maximum Gasteiger partial charge on any atom is 0.246 e. The molecular weight excluding hydrogens is 368 g/mol. The van der Waals surface area contributed by atoms with Crippen LogP contribution < -0.4 is 15.5 Å². The summed E-state index contributed by atoms with van der Waals surface area (Å²) in [5.41, 5.74) is 2.54. The summed E-state index contributed by atoms with van der Waals surface area (Å²) < 4.78 is 1.47. The summed E-state index contributed by atoms with van der Waals surface area (Å²) in [4.78, 5) is 27.4. The third kappa shape index (κ3) is 5.07. The lowest BCUT2D eigenvalue weighted by molar-refractivity contribution is -0.116. The average molecular weight is 392 g/mol. The summed E-state index contributed by atoms with van der Waals surface area (Å²) >= 11 is 0. The average Bonchev–Trinajstić information content (AvgIpc) is 3.22. The van der Waals surface area contributed by atoms with Crippen molar-refractivity contribution in [3.05, 3.63) is 48.7 Å². The third-order valence-electron chi connectivity index (χ3n) is 4.69. The Morgan fingerprint density at radius 1 is 1.07 bits per heavy atom. The number of nitrogens with one attached hydrogen (secondary N) is 2. The second-order valence-corrected chi connectivity index (χ2v) is 7.09. The van der Waals surface area contributed by atoms with Crippen LogP contribution in [0.2, 0.25) is 0 Å². The fourth-order valence-corrected chi connectivity index (χ4v) is 3.30. The predicted molar refractivity (Wildman–Crippen MR) is 111 cm³/mol. The molecule has 2 N–H and O–H groups in total. The quantitative estimate of drug-likeness (QED) is 0.665. The number of aryl methyl sites for hydroxylation is 1. The molecule has 9 heteroatoms. The minimum Gasteiger partial charge on any atom is -0.341 e. The van der Waals surface area contributed by atoms with Crippen molar-refractivity contribution in [1.82, 2.24) is 24.7 Å². The van der Waals surface area contributed by atoms with Crippen LogP contribution in [0.25, 0.3) is 0 Å². The number of aromatic nitrogens is 5. The smallest absolute Gasteiger partial charge is 0.246 e. The third-order valence-corrected chi connectivity index (χ3v) is 4.69. The Hall–Kier alpha value is -3.49. The largest absolute Gasteiger partial charge is 0.341 e. The minimum atomic E-state index is -0.159. The van der Waals surface area contributed by atoms with Crippen LogP contribution in [0.5, 0.6) is 0 Å². The number of hydrogen-bond acceptors (Lipinski definition) is 7. The summed E-state index contributed by atoms with van der Waals surface area (Å²) in [6.07, 6.45) is 6.55. The molecule has 2 aromatic heterocycles. The molecule has 1 amide bonds. The first-order valence-electron chi connectivity index (χ1n) is 9.76. The molecule has 1 aliphatic heterocycles. The van der Waals surface area contributed by atoms with E-state index in [0.29, 0.717) is 5.69 Å². The van der Waals surface area contributed by atoms with E-state index in [1.54, 1.807) is 0 Å². The molecule has 150 valence electrons. The molecule has 4 rings (SSSR count). The van der Waals surface area contributed by atoms with Gasteiger partial charge in [-0.05, 0) is 50.5 Å². The summed E-state index contributed by atoms with van der Waals surface area (Å²) in [6.45, 7) is 4.12. The van der Waals surface area contributed by atoms with Gasteiger partial charge in [-0.15, -0.1) is 0 Å². The number of piperidine rings is 1. The molecule has 0 spiro atoms. The van der Waals surface area contributed by atoms with E-state index in [9.17, 15) is 4.79 Å².